The maximum atomic E-state index is 14.2. The number of hydrogen-bond acceptors (Lipinski definition) is 5. The number of amides is 3. The molecular formula is C26H25ClFN5O4. The molecule has 0 radical (unpaired) electrons. The third-order valence-corrected chi connectivity index (χ3v) is 6.91. The number of halogens is 2. The van der Waals surface area contributed by atoms with Crippen molar-refractivity contribution in [1.29, 1.82) is 0 Å². The Bertz CT molecular complexity index is 1390. The third-order valence-electron chi connectivity index (χ3n) is 6.68. The molecule has 1 aromatic heterocycles. The van der Waals surface area contributed by atoms with E-state index < -0.39 is 23.2 Å². The Labute approximate surface area is 217 Å². The number of fused-ring (bicyclic) bond motifs is 1. The van der Waals surface area contributed by atoms with Gasteiger partial charge in [0, 0.05) is 17.6 Å². The molecule has 0 saturated heterocycles. The first-order chi connectivity index (χ1) is 17.7. The van der Waals surface area contributed by atoms with Crippen LogP contribution < -0.4 is 15.4 Å². The Morgan fingerprint density at radius 2 is 1.95 bits per heavy atom. The zero-order valence-corrected chi connectivity index (χ0v) is 21.0. The van der Waals surface area contributed by atoms with Crippen molar-refractivity contribution in [2.45, 2.75) is 44.4 Å². The maximum Gasteiger partial charge on any atom is 0.276 e. The van der Waals surface area contributed by atoms with Gasteiger partial charge >= 0.3 is 0 Å². The summed E-state index contributed by atoms with van der Waals surface area (Å²) < 4.78 is 20.9. The number of nitrogens with one attached hydrogen (secondary N) is 2. The zero-order valence-electron chi connectivity index (χ0n) is 20.3. The number of carbonyl (C=O) groups excluding carboxylic acids is 3. The number of anilines is 1. The normalized spacial score (nSPS) is 18.8. The molecule has 5 rings (SSSR count). The van der Waals surface area contributed by atoms with Gasteiger partial charge in [0.25, 0.3) is 11.8 Å². The first-order valence-corrected chi connectivity index (χ1v) is 12.2. The number of imidazole rings is 1. The van der Waals surface area contributed by atoms with Gasteiger partial charge in [-0.05, 0) is 55.7 Å². The topological polar surface area (TPSA) is 106 Å². The van der Waals surface area contributed by atoms with Crippen LogP contribution in [0.2, 0.25) is 5.02 Å². The predicted octanol–water partition coefficient (Wildman–Crippen LogP) is 3.63. The molecule has 1 saturated carbocycles. The van der Waals surface area contributed by atoms with Gasteiger partial charge < -0.3 is 24.8 Å². The number of methoxy groups -OCH3 is 1. The van der Waals surface area contributed by atoms with E-state index in [9.17, 15) is 18.8 Å². The summed E-state index contributed by atoms with van der Waals surface area (Å²) >= 11 is 5.78. The van der Waals surface area contributed by atoms with Crippen molar-refractivity contribution < 1.29 is 23.5 Å². The summed E-state index contributed by atoms with van der Waals surface area (Å²) in [5, 5.41) is 5.59. The summed E-state index contributed by atoms with van der Waals surface area (Å²) in [6.45, 7) is 2.12. The number of benzene rings is 2. The summed E-state index contributed by atoms with van der Waals surface area (Å²) in [6.07, 6.45) is 2.89. The van der Waals surface area contributed by atoms with Crippen LogP contribution in [0.15, 0.2) is 48.8 Å². The van der Waals surface area contributed by atoms with Crippen LogP contribution >= 0.6 is 11.6 Å². The maximum absolute atomic E-state index is 14.2. The van der Waals surface area contributed by atoms with Gasteiger partial charge in [-0.2, -0.15) is 0 Å². The largest absolute Gasteiger partial charge is 0.497 e. The molecule has 1 fully saturated rings. The number of hydrogen-bond donors (Lipinski definition) is 2. The van der Waals surface area contributed by atoms with E-state index in [0.717, 1.165) is 24.5 Å². The molecule has 11 heteroatoms. The number of carbonyl (C=O) groups is 3. The molecule has 0 bridgehead atoms. The van der Waals surface area contributed by atoms with Crippen LogP contribution in [-0.2, 0) is 17.9 Å². The fourth-order valence-corrected chi connectivity index (χ4v) is 4.77. The van der Waals surface area contributed by atoms with Crippen LogP contribution in [-0.4, -0.2) is 50.9 Å². The van der Waals surface area contributed by atoms with Gasteiger partial charge in [0.15, 0.2) is 5.69 Å². The van der Waals surface area contributed by atoms with Crippen molar-refractivity contribution in [3.8, 4) is 5.75 Å². The number of nitrogens with zero attached hydrogens (tertiary/aromatic N) is 3. The quantitative estimate of drug-likeness (QED) is 0.490. The van der Waals surface area contributed by atoms with Crippen LogP contribution in [0.5, 0.6) is 5.75 Å². The molecule has 3 aromatic rings. The molecule has 37 heavy (non-hydrogen) atoms. The lowest BCUT2D eigenvalue weighted by Gasteiger charge is -2.44. The molecule has 2 aliphatic rings. The van der Waals surface area contributed by atoms with E-state index in [1.807, 2.05) is 24.3 Å². The number of aromatic nitrogens is 2. The van der Waals surface area contributed by atoms with Crippen molar-refractivity contribution >= 4 is 35.0 Å². The lowest BCUT2D eigenvalue weighted by molar-refractivity contribution is -0.133. The molecule has 9 nitrogen and oxygen atoms in total. The smallest absolute Gasteiger partial charge is 0.276 e. The molecule has 0 spiro atoms. The van der Waals surface area contributed by atoms with Crippen LogP contribution in [0, 0.1) is 5.82 Å². The van der Waals surface area contributed by atoms with Gasteiger partial charge in [-0.3, -0.25) is 14.4 Å². The molecule has 192 valence electrons. The molecule has 1 aliphatic carbocycles. The Morgan fingerprint density at radius 1 is 1.22 bits per heavy atom. The van der Waals surface area contributed by atoms with Gasteiger partial charge in [0.05, 0.1) is 25.7 Å². The summed E-state index contributed by atoms with van der Waals surface area (Å²) in [6, 6.07) is 11.1. The van der Waals surface area contributed by atoms with Crippen molar-refractivity contribution in [1.82, 2.24) is 19.8 Å². The highest BCUT2D eigenvalue weighted by molar-refractivity contribution is 6.30. The van der Waals surface area contributed by atoms with Gasteiger partial charge in [0.2, 0.25) is 5.91 Å². The Kier molecular flexibility index (Phi) is 6.36. The monoisotopic (exact) mass is 525 g/mol. The van der Waals surface area contributed by atoms with E-state index in [1.54, 1.807) is 18.9 Å². The van der Waals surface area contributed by atoms with E-state index in [4.69, 9.17) is 16.3 Å². The second kappa shape index (κ2) is 9.51. The minimum absolute atomic E-state index is 0.0687. The first kappa shape index (κ1) is 24.8. The average Bonchev–Trinajstić information content (AvgIpc) is 3.62. The highest BCUT2D eigenvalue weighted by Crippen LogP contribution is 2.39. The Balaban J connectivity index is 1.38. The standard InChI is InChI=1S/C26H25ClFN5O4/c1-26(25(36)29-12-15-3-8-18(37-2)9-4-15)13-32-14-30-21(22(32)24(35)33(26)17-6-7-17)23(34)31-20-10-5-16(27)11-19(20)28/h3-5,8-11,14,17H,6-7,12-13H2,1-2H3,(H,29,36)(H,31,34)/t26-/m0/s1. The van der Waals surface area contributed by atoms with Gasteiger partial charge in [-0.25, -0.2) is 9.37 Å². The van der Waals surface area contributed by atoms with Gasteiger partial charge in [0.1, 0.15) is 22.8 Å². The van der Waals surface area contributed by atoms with Gasteiger partial charge in [-0.1, -0.05) is 23.7 Å². The van der Waals surface area contributed by atoms with Crippen LogP contribution in [0.4, 0.5) is 10.1 Å². The molecular weight excluding hydrogens is 501 g/mol. The second-order valence-electron chi connectivity index (χ2n) is 9.36. The summed E-state index contributed by atoms with van der Waals surface area (Å²) in [5.41, 5.74) is -0.449. The van der Waals surface area contributed by atoms with E-state index in [1.165, 1.54) is 23.0 Å². The summed E-state index contributed by atoms with van der Waals surface area (Å²) in [5.74, 6) is -1.49. The van der Waals surface area contributed by atoms with Crippen molar-refractivity contribution in [2.75, 3.05) is 12.4 Å². The Hall–Kier alpha value is -3.92. The van der Waals surface area contributed by atoms with Crippen LogP contribution in [0.3, 0.4) is 0 Å². The lowest BCUT2D eigenvalue weighted by Crippen LogP contribution is -2.64. The summed E-state index contributed by atoms with van der Waals surface area (Å²) in [7, 11) is 1.58. The molecule has 2 aromatic carbocycles. The van der Waals surface area contributed by atoms with Crippen molar-refractivity contribution in [3.63, 3.8) is 0 Å². The van der Waals surface area contributed by atoms with E-state index in [2.05, 4.69) is 15.6 Å². The van der Waals surface area contributed by atoms with Crippen molar-refractivity contribution in [3.05, 3.63) is 76.6 Å². The molecule has 2 heterocycles. The lowest BCUT2D eigenvalue weighted by atomic mass is 9.93. The molecule has 1 atom stereocenters. The van der Waals surface area contributed by atoms with E-state index in [-0.39, 0.29) is 47.1 Å². The third kappa shape index (κ3) is 4.64. The highest BCUT2D eigenvalue weighted by Gasteiger charge is 2.53. The number of rotatable bonds is 7. The average molecular weight is 526 g/mol. The summed E-state index contributed by atoms with van der Waals surface area (Å²) in [4.78, 5) is 45.9. The SMILES string of the molecule is COc1ccc(CNC(=O)[C@]2(C)Cn3cnc(C(=O)Nc4ccc(Cl)cc4F)c3C(=O)N2C2CC2)cc1. The fraction of sp³-hybridized carbons (Fsp3) is 0.308. The first-order valence-electron chi connectivity index (χ1n) is 11.8. The van der Waals surface area contributed by atoms with E-state index in [0.29, 0.717) is 5.75 Å². The second-order valence-corrected chi connectivity index (χ2v) is 9.80. The fourth-order valence-electron chi connectivity index (χ4n) is 4.61. The molecule has 2 N–H and O–H groups in total. The predicted molar refractivity (Wildman–Crippen MR) is 134 cm³/mol. The molecule has 0 unspecified atom stereocenters. The minimum Gasteiger partial charge on any atom is -0.497 e. The van der Waals surface area contributed by atoms with Crippen LogP contribution in [0.25, 0.3) is 0 Å². The minimum atomic E-state index is -1.19. The highest BCUT2D eigenvalue weighted by atomic mass is 35.5. The Morgan fingerprint density at radius 3 is 2.59 bits per heavy atom. The van der Waals surface area contributed by atoms with Crippen molar-refractivity contribution in [2.24, 2.45) is 0 Å². The van der Waals surface area contributed by atoms with Crippen LogP contribution in [0.1, 0.15) is 46.3 Å². The number of ether oxygens (including phenoxy) is 1. The van der Waals surface area contributed by atoms with E-state index >= 15 is 0 Å². The van der Waals surface area contributed by atoms with Gasteiger partial charge in [-0.15, -0.1) is 0 Å². The molecule has 3 amide bonds. The molecule has 1 aliphatic heterocycles. The zero-order chi connectivity index (χ0) is 26.3.